The lowest BCUT2D eigenvalue weighted by atomic mass is 9.99. The fraction of sp³-hybridized carbons (Fsp3) is 0.143. The molecule has 0 bridgehead atoms. The Morgan fingerprint density at radius 2 is 1.63 bits per heavy atom. The van der Waals surface area contributed by atoms with E-state index < -0.39 is 6.61 Å². The van der Waals surface area contributed by atoms with E-state index in [2.05, 4.69) is 10.2 Å². The van der Waals surface area contributed by atoms with E-state index in [0.29, 0.717) is 0 Å². The first kappa shape index (κ1) is 13.5. The Balaban J connectivity index is 2.28. The number of hydrazine groups is 1. The molecule has 0 fully saturated rings. The van der Waals surface area contributed by atoms with Gasteiger partial charge in [-0.2, -0.15) is 8.78 Å². The molecule has 100 valence electrons. The lowest BCUT2D eigenvalue weighted by Gasteiger charge is -2.17. The number of hydrogen-bond acceptors (Lipinski definition) is 3. The summed E-state index contributed by atoms with van der Waals surface area (Å²) in [5.41, 5.74) is 4.37. The topological polar surface area (TPSA) is 47.3 Å². The van der Waals surface area contributed by atoms with E-state index in [-0.39, 0.29) is 11.8 Å². The maximum Gasteiger partial charge on any atom is 0.387 e. The lowest BCUT2D eigenvalue weighted by Crippen LogP contribution is -2.28. The molecule has 5 heteroatoms. The Bertz CT molecular complexity index is 520. The van der Waals surface area contributed by atoms with Gasteiger partial charge in [0, 0.05) is 0 Å². The molecule has 0 aliphatic carbocycles. The largest absolute Gasteiger partial charge is 0.435 e. The van der Waals surface area contributed by atoms with Crippen LogP contribution in [0.2, 0.25) is 0 Å². The van der Waals surface area contributed by atoms with Gasteiger partial charge in [-0.15, -0.1) is 0 Å². The summed E-state index contributed by atoms with van der Waals surface area (Å²) in [5.74, 6) is 5.66. The van der Waals surface area contributed by atoms with Crippen LogP contribution in [0, 0.1) is 0 Å². The first-order valence-corrected chi connectivity index (χ1v) is 5.76. The highest BCUT2D eigenvalue weighted by molar-refractivity contribution is 5.36. The zero-order chi connectivity index (χ0) is 13.7. The van der Waals surface area contributed by atoms with Gasteiger partial charge in [-0.25, -0.2) is 5.43 Å². The van der Waals surface area contributed by atoms with Crippen LogP contribution in [0.25, 0.3) is 0 Å². The monoisotopic (exact) mass is 264 g/mol. The third-order valence-electron chi connectivity index (χ3n) is 2.72. The number of rotatable bonds is 5. The molecule has 0 saturated carbocycles. The maximum atomic E-state index is 12.2. The molecule has 3 N–H and O–H groups in total. The Labute approximate surface area is 110 Å². The molecule has 1 unspecified atom stereocenters. The molecule has 3 nitrogen and oxygen atoms in total. The average molecular weight is 264 g/mol. The van der Waals surface area contributed by atoms with Gasteiger partial charge in [-0.05, 0) is 23.3 Å². The van der Waals surface area contributed by atoms with E-state index in [1.807, 2.05) is 30.3 Å². The van der Waals surface area contributed by atoms with Gasteiger partial charge in [0.05, 0.1) is 6.04 Å². The highest BCUT2D eigenvalue weighted by Gasteiger charge is 2.13. The summed E-state index contributed by atoms with van der Waals surface area (Å²) in [6, 6.07) is 15.7. The number of ether oxygens (including phenoxy) is 1. The molecule has 0 aromatic heterocycles. The molecule has 0 heterocycles. The Morgan fingerprint density at radius 3 is 2.26 bits per heavy atom. The molecular weight excluding hydrogens is 250 g/mol. The minimum absolute atomic E-state index is 0.115. The first-order valence-electron chi connectivity index (χ1n) is 5.76. The summed E-state index contributed by atoms with van der Waals surface area (Å²) in [6.45, 7) is -2.84. The van der Waals surface area contributed by atoms with Gasteiger partial charge in [0.2, 0.25) is 0 Å². The van der Waals surface area contributed by atoms with Gasteiger partial charge in [0.1, 0.15) is 5.75 Å². The van der Waals surface area contributed by atoms with Crippen LogP contribution < -0.4 is 16.0 Å². The predicted octanol–water partition coefficient (Wildman–Crippen LogP) is 2.84. The molecule has 0 aliphatic rings. The van der Waals surface area contributed by atoms with Crippen molar-refractivity contribution in [2.24, 2.45) is 5.84 Å². The van der Waals surface area contributed by atoms with Crippen molar-refractivity contribution in [2.45, 2.75) is 12.7 Å². The zero-order valence-corrected chi connectivity index (χ0v) is 10.1. The molecule has 0 radical (unpaired) electrons. The maximum absolute atomic E-state index is 12.2. The minimum Gasteiger partial charge on any atom is -0.435 e. The Hall–Kier alpha value is -1.98. The van der Waals surface area contributed by atoms with E-state index in [1.165, 1.54) is 6.07 Å². The fourth-order valence-electron chi connectivity index (χ4n) is 1.90. The van der Waals surface area contributed by atoms with Crippen molar-refractivity contribution in [1.82, 2.24) is 5.43 Å². The summed E-state index contributed by atoms with van der Waals surface area (Å²) >= 11 is 0. The summed E-state index contributed by atoms with van der Waals surface area (Å²) in [5, 5.41) is 0. The fourth-order valence-corrected chi connectivity index (χ4v) is 1.90. The zero-order valence-electron chi connectivity index (χ0n) is 10.1. The Morgan fingerprint density at radius 1 is 0.947 bits per heavy atom. The van der Waals surface area contributed by atoms with Crippen molar-refractivity contribution < 1.29 is 13.5 Å². The second-order valence-corrected chi connectivity index (χ2v) is 3.96. The predicted molar refractivity (Wildman–Crippen MR) is 68.7 cm³/mol. The smallest absolute Gasteiger partial charge is 0.387 e. The summed E-state index contributed by atoms with van der Waals surface area (Å²) < 4.78 is 28.8. The third kappa shape index (κ3) is 3.49. The normalized spacial score (nSPS) is 12.4. The number of nitrogens with two attached hydrogens (primary N) is 1. The van der Waals surface area contributed by atoms with E-state index in [0.717, 1.165) is 11.1 Å². The van der Waals surface area contributed by atoms with Gasteiger partial charge in [-0.3, -0.25) is 5.84 Å². The molecule has 2 aromatic rings. The molecule has 2 aromatic carbocycles. The molecule has 2 rings (SSSR count). The molecular formula is C14H14F2N2O. The summed E-state index contributed by atoms with van der Waals surface area (Å²) in [4.78, 5) is 0. The first-order chi connectivity index (χ1) is 9.20. The molecule has 0 spiro atoms. The van der Waals surface area contributed by atoms with Crippen molar-refractivity contribution in [1.29, 1.82) is 0 Å². The Kier molecular flexibility index (Phi) is 4.43. The van der Waals surface area contributed by atoms with Crippen molar-refractivity contribution in [3.63, 3.8) is 0 Å². The van der Waals surface area contributed by atoms with Crippen molar-refractivity contribution in [3.05, 3.63) is 65.7 Å². The number of nitrogens with one attached hydrogen (secondary N) is 1. The molecule has 0 amide bonds. The summed E-state index contributed by atoms with van der Waals surface area (Å²) in [6.07, 6.45) is 0. The molecule has 0 aliphatic heterocycles. The second kappa shape index (κ2) is 6.26. The molecule has 0 saturated heterocycles. The van der Waals surface area contributed by atoms with Crippen LogP contribution in [0.1, 0.15) is 17.2 Å². The number of halogens is 2. The van der Waals surface area contributed by atoms with Crippen LogP contribution >= 0.6 is 0 Å². The highest BCUT2D eigenvalue weighted by atomic mass is 19.3. The third-order valence-corrected chi connectivity index (χ3v) is 2.72. The van der Waals surface area contributed by atoms with Crippen molar-refractivity contribution >= 4 is 0 Å². The van der Waals surface area contributed by atoms with E-state index in [9.17, 15) is 8.78 Å². The average Bonchev–Trinajstić information content (AvgIpc) is 2.40. The standard InChI is InChI=1S/C14H14F2N2O/c15-14(16)19-12-8-4-7-11(9-12)13(18-17)10-5-2-1-3-6-10/h1-9,13-14,18H,17H2. The van der Waals surface area contributed by atoms with Gasteiger partial charge < -0.3 is 4.74 Å². The van der Waals surface area contributed by atoms with E-state index in [4.69, 9.17) is 5.84 Å². The van der Waals surface area contributed by atoms with Crippen LogP contribution in [-0.2, 0) is 0 Å². The molecule has 1 atom stereocenters. The number of benzene rings is 2. The van der Waals surface area contributed by atoms with Crippen molar-refractivity contribution in [3.8, 4) is 5.75 Å². The van der Waals surface area contributed by atoms with Gasteiger partial charge in [0.15, 0.2) is 0 Å². The van der Waals surface area contributed by atoms with Crippen LogP contribution in [0.3, 0.4) is 0 Å². The minimum atomic E-state index is -2.84. The van der Waals surface area contributed by atoms with Crippen LogP contribution in [0.15, 0.2) is 54.6 Å². The summed E-state index contributed by atoms with van der Waals surface area (Å²) in [7, 11) is 0. The number of alkyl halides is 2. The van der Waals surface area contributed by atoms with E-state index >= 15 is 0 Å². The highest BCUT2D eigenvalue weighted by Crippen LogP contribution is 2.25. The van der Waals surface area contributed by atoms with E-state index in [1.54, 1.807) is 18.2 Å². The van der Waals surface area contributed by atoms with Crippen molar-refractivity contribution in [2.75, 3.05) is 0 Å². The van der Waals surface area contributed by atoms with Gasteiger partial charge in [-0.1, -0.05) is 42.5 Å². The van der Waals surface area contributed by atoms with Gasteiger partial charge >= 0.3 is 6.61 Å². The quantitative estimate of drug-likeness (QED) is 0.645. The van der Waals surface area contributed by atoms with Crippen LogP contribution in [-0.4, -0.2) is 6.61 Å². The van der Waals surface area contributed by atoms with Gasteiger partial charge in [0.25, 0.3) is 0 Å². The SMILES string of the molecule is NNC(c1ccccc1)c1cccc(OC(F)F)c1. The number of hydrogen-bond donors (Lipinski definition) is 2. The lowest BCUT2D eigenvalue weighted by molar-refractivity contribution is -0.0498. The van der Waals surface area contributed by atoms with Crippen LogP contribution in [0.5, 0.6) is 5.75 Å². The van der Waals surface area contributed by atoms with Crippen LogP contribution in [0.4, 0.5) is 8.78 Å². The molecule has 19 heavy (non-hydrogen) atoms. The second-order valence-electron chi connectivity index (χ2n) is 3.96.